The Bertz CT molecular complexity index is 880. The minimum absolute atomic E-state index is 0.0706. The molecule has 134 valence electrons. The molecule has 3 aliphatic rings. The predicted molar refractivity (Wildman–Crippen MR) is 89.3 cm³/mol. The average molecular weight is 354 g/mol. The van der Waals surface area contributed by atoms with Crippen LogP contribution in [0.15, 0.2) is 23.2 Å². The zero-order chi connectivity index (χ0) is 18.6. The molecule has 0 unspecified atom stereocenters. The van der Waals surface area contributed by atoms with E-state index in [0.717, 1.165) is 5.56 Å². The van der Waals surface area contributed by atoms with Crippen LogP contribution >= 0.6 is 0 Å². The predicted octanol–water partition coefficient (Wildman–Crippen LogP) is 1.28. The largest absolute Gasteiger partial charge is 0.493 e. The minimum Gasteiger partial charge on any atom is -0.493 e. The van der Waals surface area contributed by atoms with Crippen molar-refractivity contribution in [3.63, 3.8) is 0 Å². The van der Waals surface area contributed by atoms with Gasteiger partial charge in [0.25, 0.3) is 5.91 Å². The van der Waals surface area contributed by atoms with Crippen molar-refractivity contribution in [2.24, 2.45) is 21.6 Å². The highest BCUT2D eigenvalue weighted by atomic mass is 16.8. The van der Waals surface area contributed by atoms with Crippen LogP contribution in [0.25, 0.3) is 0 Å². The van der Waals surface area contributed by atoms with Crippen LogP contribution in [0.3, 0.4) is 0 Å². The molecule has 1 spiro atoms. The lowest BCUT2D eigenvalue weighted by Crippen LogP contribution is -2.38. The van der Waals surface area contributed by atoms with E-state index in [0.29, 0.717) is 31.3 Å². The molecule has 0 amide bonds. The third-order valence-electron chi connectivity index (χ3n) is 5.43. The number of ether oxygens (including phenoxy) is 4. The number of fused-ring (bicyclic) bond motifs is 2. The zero-order valence-corrected chi connectivity index (χ0v) is 14.5. The number of benzene rings is 1. The van der Waals surface area contributed by atoms with Gasteiger partial charge in [-0.3, -0.25) is 0 Å². The molecular formula is C18H18N4O4. The minimum atomic E-state index is -1.53. The second-order valence-corrected chi connectivity index (χ2v) is 6.39. The molecule has 4 rings (SSSR count). The van der Waals surface area contributed by atoms with Crippen LogP contribution in [0.1, 0.15) is 18.4 Å². The highest BCUT2D eigenvalue weighted by molar-refractivity contribution is 6.00. The topological polar surface area (TPSA) is 123 Å². The highest BCUT2D eigenvalue weighted by Crippen LogP contribution is 2.82. The van der Waals surface area contributed by atoms with Gasteiger partial charge in [0.2, 0.25) is 0 Å². The first-order valence-corrected chi connectivity index (χ1v) is 8.34. The molecular weight excluding hydrogens is 336 g/mol. The Balaban J connectivity index is 1.85. The van der Waals surface area contributed by atoms with Gasteiger partial charge in [-0.05, 0) is 24.6 Å². The molecule has 2 fully saturated rings. The van der Waals surface area contributed by atoms with Gasteiger partial charge in [-0.1, -0.05) is 6.07 Å². The highest BCUT2D eigenvalue weighted by Gasteiger charge is 2.94. The molecule has 0 aromatic heterocycles. The molecule has 1 aromatic rings. The average Bonchev–Trinajstić information content (AvgIpc) is 2.90. The monoisotopic (exact) mass is 354 g/mol. The van der Waals surface area contributed by atoms with Crippen LogP contribution in [0.2, 0.25) is 0 Å². The van der Waals surface area contributed by atoms with Gasteiger partial charge < -0.3 is 24.7 Å². The van der Waals surface area contributed by atoms with Gasteiger partial charge >= 0.3 is 0 Å². The van der Waals surface area contributed by atoms with E-state index < -0.39 is 22.7 Å². The number of hydrogen-bond donors (Lipinski definition) is 1. The zero-order valence-electron chi connectivity index (χ0n) is 14.5. The summed E-state index contributed by atoms with van der Waals surface area (Å²) in [5.41, 5.74) is 4.23. The van der Waals surface area contributed by atoms with Crippen LogP contribution in [0.4, 0.5) is 0 Å². The Morgan fingerprint density at radius 2 is 2.00 bits per heavy atom. The molecule has 2 aliphatic heterocycles. The van der Waals surface area contributed by atoms with Crippen molar-refractivity contribution in [2.45, 2.75) is 18.8 Å². The molecule has 1 saturated carbocycles. The fourth-order valence-electron chi connectivity index (χ4n) is 4.36. The van der Waals surface area contributed by atoms with Crippen LogP contribution in [-0.4, -0.2) is 38.7 Å². The van der Waals surface area contributed by atoms with Crippen molar-refractivity contribution in [2.75, 3.05) is 26.9 Å². The third kappa shape index (κ3) is 1.61. The summed E-state index contributed by atoms with van der Waals surface area (Å²) in [7, 11) is 1.54. The molecule has 8 heteroatoms. The van der Waals surface area contributed by atoms with E-state index in [2.05, 4.69) is 17.1 Å². The lowest BCUT2D eigenvalue weighted by molar-refractivity contribution is -0.184. The molecule has 26 heavy (non-hydrogen) atoms. The number of amidine groups is 1. The molecule has 3 atom stereocenters. The summed E-state index contributed by atoms with van der Waals surface area (Å²) in [6.45, 7) is 2.96. The summed E-state index contributed by atoms with van der Waals surface area (Å²) in [5.74, 6) is -0.885. The molecule has 1 saturated heterocycles. The Morgan fingerprint density at radius 1 is 1.27 bits per heavy atom. The van der Waals surface area contributed by atoms with Crippen LogP contribution in [0, 0.1) is 33.5 Å². The van der Waals surface area contributed by atoms with E-state index in [1.807, 2.05) is 13.0 Å². The summed E-state index contributed by atoms with van der Waals surface area (Å²) in [4.78, 5) is 4.25. The molecule has 2 heterocycles. The summed E-state index contributed by atoms with van der Waals surface area (Å²) in [6.07, 6.45) is 0. The molecule has 0 bridgehead atoms. The first-order valence-electron chi connectivity index (χ1n) is 8.34. The second kappa shape index (κ2) is 5.34. The fourth-order valence-corrected chi connectivity index (χ4v) is 4.36. The summed E-state index contributed by atoms with van der Waals surface area (Å²) in [5, 5.41) is 20.0. The number of hydrogen-bond acceptors (Lipinski definition) is 8. The van der Waals surface area contributed by atoms with Gasteiger partial charge in [0.1, 0.15) is 11.3 Å². The van der Waals surface area contributed by atoms with Crippen LogP contribution in [-0.2, 0) is 9.47 Å². The number of nitriles is 2. The fraction of sp³-hybridized carbons (Fsp3) is 0.500. The van der Waals surface area contributed by atoms with Crippen molar-refractivity contribution < 1.29 is 18.9 Å². The van der Waals surface area contributed by atoms with E-state index in [-0.39, 0.29) is 5.84 Å². The van der Waals surface area contributed by atoms with E-state index in [9.17, 15) is 10.5 Å². The van der Waals surface area contributed by atoms with E-state index in [4.69, 9.17) is 24.7 Å². The molecule has 1 aliphatic carbocycles. The van der Waals surface area contributed by atoms with Gasteiger partial charge in [0.05, 0.1) is 39.1 Å². The van der Waals surface area contributed by atoms with Crippen LogP contribution < -0.4 is 15.2 Å². The molecule has 1 aromatic carbocycles. The standard InChI is InChI=1S/C18H18N4O4/c1-3-24-12-5-4-11(8-13(12)23-2)14-16(9-19)15(21)22-18(17(14,16)10-20)25-6-7-26-18/h4-5,8,14H,3,6-7H2,1-2H3,(H2,21,22)/t14-,16-,17+/m1/s1. The maximum atomic E-state index is 10.1. The van der Waals surface area contributed by atoms with Gasteiger partial charge in [-0.15, -0.1) is 0 Å². The summed E-state index contributed by atoms with van der Waals surface area (Å²) in [6, 6.07) is 9.82. The number of methoxy groups -OCH3 is 1. The quantitative estimate of drug-likeness (QED) is 0.864. The van der Waals surface area contributed by atoms with Crippen molar-refractivity contribution in [3.05, 3.63) is 23.8 Å². The van der Waals surface area contributed by atoms with Crippen molar-refractivity contribution in [3.8, 4) is 23.6 Å². The molecule has 2 N–H and O–H groups in total. The Labute approximate surface area is 150 Å². The van der Waals surface area contributed by atoms with Gasteiger partial charge in [-0.25, -0.2) is 4.99 Å². The number of nitrogens with zero attached hydrogens (tertiary/aromatic N) is 3. The normalized spacial score (nSPS) is 33.1. The van der Waals surface area contributed by atoms with Crippen molar-refractivity contribution >= 4 is 5.84 Å². The van der Waals surface area contributed by atoms with Gasteiger partial charge in [0.15, 0.2) is 16.9 Å². The summed E-state index contributed by atoms with van der Waals surface area (Å²) >= 11 is 0. The number of rotatable bonds is 4. The van der Waals surface area contributed by atoms with E-state index >= 15 is 0 Å². The third-order valence-corrected chi connectivity index (χ3v) is 5.43. The second-order valence-electron chi connectivity index (χ2n) is 6.39. The Kier molecular flexibility index (Phi) is 3.42. The van der Waals surface area contributed by atoms with Crippen molar-refractivity contribution in [1.82, 2.24) is 0 Å². The van der Waals surface area contributed by atoms with Crippen molar-refractivity contribution in [1.29, 1.82) is 10.5 Å². The van der Waals surface area contributed by atoms with Gasteiger partial charge in [-0.2, -0.15) is 10.5 Å². The number of aliphatic imine (C=N–C) groups is 1. The summed E-state index contributed by atoms with van der Waals surface area (Å²) < 4.78 is 22.3. The number of nitrogens with two attached hydrogens (primary N) is 1. The van der Waals surface area contributed by atoms with E-state index in [1.54, 1.807) is 12.1 Å². The first-order chi connectivity index (χ1) is 12.6. The first kappa shape index (κ1) is 16.6. The maximum absolute atomic E-state index is 10.1. The molecule has 8 nitrogen and oxygen atoms in total. The lowest BCUT2D eigenvalue weighted by Gasteiger charge is -2.25. The Hall–Kier alpha value is -2.81. The lowest BCUT2D eigenvalue weighted by atomic mass is 9.94. The Morgan fingerprint density at radius 3 is 2.58 bits per heavy atom. The SMILES string of the molecule is CCOc1ccc([C@@H]2[C@]3(C#N)C(N)=NC4(OCCO4)[C@@]23C#N)cc1OC. The maximum Gasteiger partial charge on any atom is 0.293 e. The van der Waals surface area contributed by atoms with Crippen LogP contribution in [0.5, 0.6) is 11.5 Å². The van der Waals surface area contributed by atoms with Gasteiger partial charge in [0, 0.05) is 5.92 Å². The molecule has 0 radical (unpaired) electrons. The van der Waals surface area contributed by atoms with E-state index in [1.165, 1.54) is 7.11 Å². The smallest absolute Gasteiger partial charge is 0.293 e.